The Kier molecular flexibility index (Phi) is 66.7. The van der Waals surface area contributed by atoms with Crippen molar-refractivity contribution in [1.82, 2.24) is 0 Å². The van der Waals surface area contributed by atoms with E-state index < -0.39 is 5.83 Å². The van der Waals surface area contributed by atoms with Crippen LogP contribution >= 0.6 is 27.5 Å². The molecule has 17 heteroatoms. The molecular formula is C57H48BrClFN13O. The number of allylic oxidation sites excluding steroid dienone is 12. The Bertz CT molecular complexity index is 2650. The van der Waals surface area contributed by atoms with Crippen LogP contribution in [0.15, 0.2) is 206 Å². The van der Waals surface area contributed by atoms with Crippen molar-refractivity contribution in [3.63, 3.8) is 0 Å². The number of nitrogens with zero attached hydrogens (tertiary/aromatic N) is 13. The quantitative estimate of drug-likeness (QED) is 0.109. The van der Waals surface area contributed by atoms with E-state index in [1.54, 1.807) is 66.8 Å². The normalized spacial score (nSPS) is 7.34. The molecule has 0 aliphatic carbocycles. The Balaban J connectivity index is -0.000000137. The molecular weight excluding hydrogens is 1020 g/mol. The van der Waals surface area contributed by atoms with Gasteiger partial charge in [0.15, 0.2) is 11.6 Å². The summed E-state index contributed by atoms with van der Waals surface area (Å²) in [7, 11) is 0. The van der Waals surface area contributed by atoms with E-state index in [1.807, 2.05) is 97.1 Å². The number of benzene rings is 3. The fourth-order valence-electron chi connectivity index (χ4n) is 3.06. The van der Waals surface area contributed by atoms with Crippen LogP contribution in [0.4, 0.5) is 4.39 Å². The monoisotopic (exact) mass is 1060 g/mol. The third kappa shape index (κ3) is 75.2. The van der Waals surface area contributed by atoms with E-state index in [2.05, 4.69) is 75.5 Å². The second-order valence-electron chi connectivity index (χ2n) is 11.9. The number of nitriles is 13. The zero-order valence-electron chi connectivity index (χ0n) is 40.5. The summed E-state index contributed by atoms with van der Waals surface area (Å²) in [4.78, 5) is 0. The Morgan fingerprint density at radius 3 is 1.18 bits per heavy atom. The van der Waals surface area contributed by atoms with E-state index in [0.717, 1.165) is 48.3 Å². The van der Waals surface area contributed by atoms with Crippen LogP contribution in [0.3, 0.4) is 0 Å². The van der Waals surface area contributed by atoms with Crippen molar-refractivity contribution in [3.8, 4) is 84.6 Å². The molecule has 0 radical (unpaired) electrons. The van der Waals surface area contributed by atoms with Gasteiger partial charge in [-0.3, -0.25) is 0 Å². The highest BCUT2D eigenvalue weighted by atomic mass is 79.9. The third-order valence-corrected chi connectivity index (χ3v) is 6.39. The van der Waals surface area contributed by atoms with Gasteiger partial charge >= 0.3 is 0 Å². The molecule has 0 atom stereocenters. The zero-order chi connectivity index (χ0) is 58.2. The van der Waals surface area contributed by atoms with Gasteiger partial charge in [-0.15, -0.1) is 0 Å². The van der Waals surface area contributed by atoms with Gasteiger partial charge in [-0.25, -0.2) is 0 Å². The summed E-state index contributed by atoms with van der Waals surface area (Å²) in [5.41, 5.74) is 3.82. The highest BCUT2D eigenvalue weighted by Gasteiger charge is 1.94. The molecule has 3 aromatic carbocycles. The first-order chi connectivity index (χ1) is 35.2. The Morgan fingerprint density at radius 2 is 0.905 bits per heavy atom. The molecule has 0 heterocycles. The molecule has 0 spiro atoms. The first kappa shape index (κ1) is 77.2. The van der Waals surface area contributed by atoms with Crippen LogP contribution in [-0.4, -0.2) is 0 Å². The number of para-hydroxylation sites is 1. The van der Waals surface area contributed by atoms with Gasteiger partial charge < -0.3 is 4.74 Å². The van der Waals surface area contributed by atoms with Crippen molar-refractivity contribution < 1.29 is 9.13 Å². The van der Waals surface area contributed by atoms with E-state index in [4.69, 9.17) is 84.7 Å². The van der Waals surface area contributed by atoms with Crippen molar-refractivity contribution in [1.29, 1.82) is 68.4 Å². The van der Waals surface area contributed by atoms with Gasteiger partial charge in [-0.05, 0) is 58.6 Å². The highest BCUT2D eigenvalue weighted by molar-refractivity contribution is 9.12. The van der Waals surface area contributed by atoms with Gasteiger partial charge in [-0.1, -0.05) is 156 Å². The molecule has 3 rings (SSSR count). The van der Waals surface area contributed by atoms with Gasteiger partial charge in [0.05, 0.1) is 52.5 Å². The van der Waals surface area contributed by atoms with Crippen LogP contribution in [0, 0.1) is 147 Å². The zero-order valence-corrected chi connectivity index (χ0v) is 42.9. The predicted molar refractivity (Wildman–Crippen MR) is 288 cm³/mol. The maximum absolute atomic E-state index is 10.9. The Morgan fingerprint density at radius 1 is 0.527 bits per heavy atom. The molecule has 0 aliphatic heterocycles. The fourth-order valence-corrected chi connectivity index (χ4v) is 3.06. The minimum absolute atomic E-state index is 0.0324. The molecule has 0 N–H and O–H groups in total. The average molecular weight is 1070 g/mol. The number of hydrogen-bond donors (Lipinski definition) is 0. The lowest BCUT2D eigenvalue weighted by atomic mass is 10.1. The maximum atomic E-state index is 10.9. The lowest BCUT2D eigenvalue weighted by molar-refractivity contribution is 0.450. The van der Waals surface area contributed by atoms with Gasteiger partial charge in [0, 0.05) is 41.9 Å². The van der Waals surface area contributed by atoms with Crippen LogP contribution in [0.25, 0.3) is 5.57 Å². The van der Waals surface area contributed by atoms with Crippen molar-refractivity contribution in [2.45, 2.75) is 39.0 Å². The SMILES string of the molecule is C=C(Br)C#N.C=C(C#N)C#N.C=C(C#N)CCCCC.C=C(C#N)Cc1ccccc1.C=C(C#N)Oc1ccccc1.C=C(C#N)c1ccccc1.C=C(Cl)C#N.C=C(F)C#N.N#C/C=C/C#N.N#C/C=C\C#N. The Labute approximate surface area is 448 Å². The topological polar surface area (TPSA) is 318 Å². The molecule has 0 bridgehead atoms. The summed E-state index contributed by atoms with van der Waals surface area (Å²) >= 11 is 7.72. The van der Waals surface area contributed by atoms with E-state index in [9.17, 15) is 4.39 Å². The van der Waals surface area contributed by atoms with E-state index in [-0.39, 0.29) is 16.4 Å². The van der Waals surface area contributed by atoms with Gasteiger partial charge in [0.2, 0.25) is 0 Å². The van der Waals surface area contributed by atoms with Crippen LogP contribution in [0.2, 0.25) is 0 Å². The van der Waals surface area contributed by atoms with Crippen molar-refractivity contribution in [2.75, 3.05) is 0 Å². The summed E-state index contributed by atoms with van der Waals surface area (Å²) in [6.07, 6.45) is 9.57. The second-order valence-corrected chi connectivity index (χ2v) is 13.3. The maximum Gasteiger partial charge on any atom is 0.196 e. The summed E-state index contributed by atoms with van der Waals surface area (Å²) in [6.45, 7) is 28.3. The summed E-state index contributed by atoms with van der Waals surface area (Å²) < 4.78 is 16.3. The lowest BCUT2D eigenvalue weighted by Gasteiger charge is -1.99. The van der Waals surface area contributed by atoms with E-state index in [1.165, 1.54) is 18.9 Å². The van der Waals surface area contributed by atoms with Crippen LogP contribution in [0.5, 0.6) is 5.75 Å². The number of rotatable bonds is 9. The molecule has 0 unspecified atom stereocenters. The second kappa shape index (κ2) is 64.0. The highest BCUT2D eigenvalue weighted by Crippen LogP contribution is 2.11. The standard InChI is InChI=1S/C10H9N.C9H7NO.C9H7N.C8H13N.3C4H2N2.C3H2BrN.C3H2ClN.C3H2FN/c1-9(8-11)7-10-5-3-2-4-6-10;1-8(7-10)11-9-5-3-2-4-6-9;1-8(7-10)9-5-3-2-4-6-9;1-3-4-5-6-8(2)7-9;1-4(2-5)3-6;2*5-3-1-2-4-6;3*1-3(4)2-5/h2-6H,1,7H2;2-6H,1H2;2-6H,1H2;2-6H2,1H3;1H2;2*1-2H;3*1H2/b;;;;;2-1+;2-1-;;;. The van der Waals surface area contributed by atoms with Crippen molar-refractivity contribution in [2.24, 2.45) is 0 Å². The van der Waals surface area contributed by atoms with Gasteiger partial charge in [-0.2, -0.15) is 72.8 Å². The molecule has 0 saturated carbocycles. The molecule has 368 valence electrons. The predicted octanol–water partition coefficient (Wildman–Crippen LogP) is 14.7. The first-order valence-corrected chi connectivity index (χ1v) is 21.2. The minimum Gasteiger partial charge on any atom is -0.447 e. The molecule has 0 amide bonds. The molecule has 3 aromatic rings. The molecule has 0 fully saturated rings. The smallest absolute Gasteiger partial charge is 0.196 e. The van der Waals surface area contributed by atoms with Gasteiger partial charge in [0.25, 0.3) is 0 Å². The van der Waals surface area contributed by atoms with Gasteiger partial charge in [0.1, 0.15) is 52.8 Å². The number of halogens is 3. The summed E-state index contributed by atoms with van der Waals surface area (Å²) in [6, 6.07) is 50.5. The molecule has 0 aliphatic rings. The number of ether oxygens (including phenoxy) is 1. The summed E-state index contributed by atoms with van der Waals surface area (Å²) in [5, 5.41) is 103. The first-order valence-electron chi connectivity index (χ1n) is 20.0. The largest absolute Gasteiger partial charge is 0.447 e. The van der Waals surface area contributed by atoms with Crippen LogP contribution in [0.1, 0.15) is 43.7 Å². The molecule has 0 saturated heterocycles. The van der Waals surface area contributed by atoms with Crippen molar-refractivity contribution in [3.05, 3.63) is 217 Å². The van der Waals surface area contributed by atoms with Crippen molar-refractivity contribution >= 4 is 33.1 Å². The molecule has 14 nitrogen and oxygen atoms in total. The van der Waals surface area contributed by atoms with E-state index >= 15 is 0 Å². The number of unbranched alkanes of at least 4 members (excludes halogenated alkanes) is 2. The Hall–Kier alpha value is -11.1. The van der Waals surface area contributed by atoms with Crippen LogP contribution < -0.4 is 4.74 Å². The molecule has 74 heavy (non-hydrogen) atoms. The molecule has 0 aromatic heterocycles. The number of hydrogen-bond acceptors (Lipinski definition) is 14. The van der Waals surface area contributed by atoms with Crippen LogP contribution in [-0.2, 0) is 6.42 Å². The average Bonchev–Trinajstić information content (AvgIpc) is 3.43. The summed E-state index contributed by atoms with van der Waals surface area (Å²) in [5.74, 6) is -0.194. The minimum atomic E-state index is -0.940. The third-order valence-electron chi connectivity index (χ3n) is 6.12. The lowest BCUT2D eigenvalue weighted by Crippen LogP contribution is -1.88. The van der Waals surface area contributed by atoms with E-state index in [0.29, 0.717) is 33.4 Å². The fraction of sp³-hybridized carbons (Fsp3) is 0.105.